The van der Waals surface area contributed by atoms with Crippen LogP contribution in [0, 0.1) is 5.82 Å². The monoisotopic (exact) mass is 182 g/mol. The van der Waals surface area contributed by atoms with Crippen LogP contribution in [0.15, 0.2) is 18.2 Å². The molecule has 0 spiro atoms. The average Bonchev–Trinajstić information content (AvgIpc) is 2.02. The quantitative estimate of drug-likeness (QED) is 0.699. The first-order chi connectivity index (χ1) is 6.09. The van der Waals surface area contributed by atoms with Crippen LogP contribution in [0.3, 0.4) is 0 Å². The molecule has 1 rings (SSSR count). The molecule has 1 aromatic rings. The van der Waals surface area contributed by atoms with E-state index in [0.29, 0.717) is 5.69 Å². The van der Waals surface area contributed by atoms with Crippen molar-refractivity contribution in [1.29, 1.82) is 0 Å². The van der Waals surface area contributed by atoms with E-state index in [0.717, 1.165) is 18.4 Å². The minimum absolute atomic E-state index is 0.157. The highest BCUT2D eigenvalue weighted by molar-refractivity contribution is 5.46. The van der Waals surface area contributed by atoms with E-state index in [1.807, 2.05) is 6.92 Å². The molecular formula is C10H15FN2. The zero-order chi connectivity index (χ0) is 9.84. The van der Waals surface area contributed by atoms with Gasteiger partial charge in [0.2, 0.25) is 0 Å². The molecule has 0 fully saturated rings. The summed E-state index contributed by atoms with van der Waals surface area (Å²) in [6, 6.07) is 4.64. The first kappa shape index (κ1) is 9.99. The Labute approximate surface area is 77.7 Å². The Morgan fingerprint density at radius 1 is 1.46 bits per heavy atom. The summed E-state index contributed by atoms with van der Waals surface area (Å²) in [7, 11) is 0. The van der Waals surface area contributed by atoms with Crippen LogP contribution in [0.25, 0.3) is 0 Å². The third-order valence-corrected chi connectivity index (χ3v) is 1.98. The lowest BCUT2D eigenvalue weighted by molar-refractivity contribution is 0.626. The van der Waals surface area contributed by atoms with E-state index in [2.05, 4.69) is 0 Å². The third-order valence-electron chi connectivity index (χ3n) is 1.98. The number of aryl methyl sites for hydroxylation is 1. The van der Waals surface area contributed by atoms with Crippen LogP contribution in [-0.2, 0) is 6.42 Å². The lowest BCUT2D eigenvalue weighted by Gasteiger charge is -2.07. The second kappa shape index (κ2) is 4.23. The van der Waals surface area contributed by atoms with Gasteiger partial charge < -0.3 is 11.5 Å². The van der Waals surface area contributed by atoms with E-state index in [1.54, 1.807) is 6.07 Å². The van der Waals surface area contributed by atoms with Gasteiger partial charge in [0, 0.05) is 11.7 Å². The molecule has 0 radical (unpaired) electrons. The van der Waals surface area contributed by atoms with Crippen LogP contribution in [0.4, 0.5) is 10.1 Å². The predicted molar refractivity (Wildman–Crippen MR) is 52.8 cm³/mol. The molecule has 1 atom stereocenters. The molecule has 4 N–H and O–H groups in total. The topological polar surface area (TPSA) is 52.0 Å². The van der Waals surface area contributed by atoms with Crippen molar-refractivity contribution < 1.29 is 4.39 Å². The van der Waals surface area contributed by atoms with Gasteiger partial charge in [0.05, 0.1) is 0 Å². The Balaban J connectivity index is 2.67. The van der Waals surface area contributed by atoms with E-state index >= 15 is 0 Å². The number of nitrogen functional groups attached to an aromatic ring is 1. The van der Waals surface area contributed by atoms with Crippen LogP contribution < -0.4 is 11.5 Å². The molecule has 0 saturated carbocycles. The van der Waals surface area contributed by atoms with Gasteiger partial charge in [0.25, 0.3) is 0 Å². The average molecular weight is 182 g/mol. The molecule has 3 heteroatoms. The normalized spacial score (nSPS) is 12.8. The maximum Gasteiger partial charge on any atom is 0.125 e. The summed E-state index contributed by atoms with van der Waals surface area (Å²) in [4.78, 5) is 0. The Hall–Kier alpha value is -1.09. The molecule has 0 aliphatic carbocycles. The first-order valence-electron chi connectivity index (χ1n) is 4.39. The minimum Gasteiger partial charge on any atom is -0.398 e. The van der Waals surface area contributed by atoms with Gasteiger partial charge >= 0.3 is 0 Å². The molecule has 0 aromatic heterocycles. The maximum atomic E-state index is 12.6. The van der Waals surface area contributed by atoms with Crippen LogP contribution in [0.1, 0.15) is 18.9 Å². The summed E-state index contributed by atoms with van der Waals surface area (Å²) in [5.41, 5.74) is 12.7. The zero-order valence-electron chi connectivity index (χ0n) is 7.76. The fraction of sp³-hybridized carbons (Fsp3) is 0.400. The van der Waals surface area contributed by atoms with Crippen molar-refractivity contribution >= 4 is 5.69 Å². The molecule has 0 aliphatic heterocycles. The molecule has 0 saturated heterocycles. The summed E-state index contributed by atoms with van der Waals surface area (Å²) < 4.78 is 12.6. The number of benzene rings is 1. The van der Waals surface area contributed by atoms with Crippen molar-refractivity contribution in [2.75, 3.05) is 5.73 Å². The molecule has 1 aromatic carbocycles. The number of anilines is 1. The molecule has 1 unspecified atom stereocenters. The van der Waals surface area contributed by atoms with Crippen molar-refractivity contribution in [3.8, 4) is 0 Å². The largest absolute Gasteiger partial charge is 0.398 e. The molecule has 0 aliphatic rings. The van der Waals surface area contributed by atoms with E-state index < -0.39 is 0 Å². The summed E-state index contributed by atoms with van der Waals surface area (Å²) in [6.07, 6.45) is 1.68. The van der Waals surface area contributed by atoms with E-state index in [-0.39, 0.29) is 11.9 Å². The number of hydrogen-bond donors (Lipinski definition) is 2. The summed E-state index contributed by atoms with van der Waals surface area (Å²) in [6.45, 7) is 1.94. The highest BCUT2D eigenvalue weighted by Gasteiger charge is 2.02. The van der Waals surface area contributed by atoms with E-state index in [1.165, 1.54) is 12.1 Å². The highest BCUT2D eigenvalue weighted by atomic mass is 19.1. The fourth-order valence-electron chi connectivity index (χ4n) is 1.18. The molecule has 72 valence electrons. The van der Waals surface area contributed by atoms with Crippen molar-refractivity contribution in [2.24, 2.45) is 5.73 Å². The minimum atomic E-state index is -0.290. The van der Waals surface area contributed by atoms with Crippen molar-refractivity contribution in [2.45, 2.75) is 25.8 Å². The fourth-order valence-corrected chi connectivity index (χ4v) is 1.18. The van der Waals surface area contributed by atoms with Gasteiger partial charge in [-0.1, -0.05) is 6.07 Å². The molecule has 0 amide bonds. The third kappa shape index (κ3) is 3.03. The van der Waals surface area contributed by atoms with Gasteiger partial charge in [-0.05, 0) is 37.5 Å². The second-order valence-electron chi connectivity index (χ2n) is 3.36. The predicted octanol–water partition coefficient (Wildman–Crippen LogP) is 1.69. The number of nitrogens with two attached hydrogens (primary N) is 2. The molecule has 0 heterocycles. The lowest BCUT2D eigenvalue weighted by atomic mass is 10.0. The van der Waals surface area contributed by atoms with E-state index in [9.17, 15) is 4.39 Å². The first-order valence-corrected chi connectivity index (χ1v) is 4.39. The van der Waals surface area contributed by atoms with Crippen LogP contribution in [0.5, 0.6) is 0 Å². The van der Waals surface area contributed by atoms with Crippen molar-refractivity contribution in [3.63, 3.8) is 0 Å². The van der Waals surface area contributed by atoms with Crippen molar-refractivity contribution in [3.05, 3.63) is 29.6 Å². The van der Waals surface area contributed by atoms with Gasteiger partial charge in [-0.15, -0.1) is 0 Å². The van der Waals surface area contributed by atoms with Gasteiger partial charge in [0.1, 0.15) is 5.82 Å². The van der Waals surface area contributed by atoms with E-state index in [4.69, 9.17) is 11.5 Å². The lowest BCUT2D eigenvalue weighted by Crippen LogP contribution is -2.15. The van der Waals surface area contributed by atoms with Crippen LogP contribution >= 0.6 is 0 Å². The Bertz CT molecular complexity index is 284. The van der Waals surface area contributed by atoms with Gasteiger partial charge in [-0.25, -0.2) is 4.39 Å². The van der Waals surface area contributed by atoms with Gasteiger partial charge in [-0.2, -0.15) is 0 Å². The second-order valence-corrected chi connectivity index (χ2v) is 3.36. The number of halogens is 1. The standard InChI is InChI=1S/C10H15FN2/c1-7(12)2-3-8-4-5-9(11)6-10(8)13/h4-7H,2-3,12-13H2,1H3. The number of rotatable bonds is 3. The zero-order valence-corrected chi connectivity index (χ0v) is 7.76. The molecule has 13 heavy (non-hydrogen) atoms. The van der Waals surface area contributed by atoms with Gasteiger partial charge in [0.15, 0.2) is 0 Å². The summed E-state index contributed by atoms with van der Waals surface area (Å²) in [5, 5.41) is 0. The maximum absolute atomic E-state index is 12.6. The Kier molecular flexibility index (Phi) is 3.25. The summed E-state index contributed by atoms with van der Waals surface area (Å²) >= 11 is 0. The molecule has 2 nitrogen and oxygen atoms in total. The molecular weight excluding hydrogens is 167 g/mol. The number of hydrogen-bond acceptors (Lipinski definition) is 2. The highest BCUT2D eigenvalue weighted by Crippen LogP contribution is 2.15. The van der Waals surface area contributed by atoms with Crippen LogP contribution in [-0.4, -0.2) is 6.04 Å². The SMILES string of the molecule is CC(N)CCc1ccc(F)cc1N. The van der Waals surface area contributed by atoms with Gasteiger partial charge in [-0.3, -0.25) is 0 Å². The van der Waals surface area contributed by atoms with Crippen LogP contribution in [0.2, 0.25) is 0 Å². The molecule has 0 bridgehead atoms. The Morgan fingerprint density at radius 3 is 2.69 bits per heavy atom. The Morgan fingerprint density at radius 2 is 2.15 bits per heavy atom. The van der Waals surface area contributed by atoms with Crippen molar-refractivity contribution in [1.82, 2.24) is 0 Å². The smallest absolute Gasteiger partial charge is 0.125 e. The summed E-state index contributed by atoms with van der Waals surface area (Å²) in [5.74, 6) is -0.290.